The van der Waals surface area contributed by atoms with Crippen LogP contribution in [0, 0.1) is 0 Å². The van der Waals surface area contributed by atoms with Gasteiger partial charge in [-0.1, -0.05) is 46.0 Å². The van der Waals surface area contributed by atoms with E-state index >= 15 is 0 Å². The molecule has 0 aromatic rings. The van der Waals surface area contributed by atoms with Gasteiger partial charge in [-0.25, -0.2) is 0 Å². The molecule has 0 aromatic carbocycles. The molecule has 0 fully saturated rings. The Bertz CT molecular complexity index is 115. The van der Waals surface area contributed by atoms with Crippen molar-refractivity contribution in [2.24, 2.45) is 0 Å². The molecule has 0 atom stereocenters. The highest BCUT2D eigenvalue weighted by Crippen LogP contribution is 2.03. The first-order chi connectivity index (χ1) is 7.31. The standard InChI is InChI=1S/C13H30N2/c1-4-6-7-8-9-10-11-14-12-13-15(3)5-2/h14H,4-13H2,1-3H3. The van der Waals surface area contributed by atoms with Gasteiger partial charge >= 0.3 is 0 Å². The molecule has 0 rings (SSSR count). The first kappa shape index (κ1) is 14.9. The van der Waals surface area contributed by atoms with E-state index in [1.54, 1.807) is 0 Å². The van der Waals surface area contributed by atoms with Gasteiger partial charge in [0.15, 0.2) is 0 Å². The fraction of sp³-hybridized carbons (Fsp3) is 1.00. The van der Waals surface area contributed by atoms with Gasteiger partial charge in [-0.3, -0.25) is 0 Å². The summed E-state index contributed by atoms with van der Waals surface area (Å²) in [7, 11) is 2.17. The molecule has 1 N–H and O–H groups in total. The van der Waals surface area contributed by atoms with Crippen molar-refractivity contribution in [2.75, 3.05) is 33.2 Å². The van der Waals surface area contributed by atoms with Gasteiger partial charge in [0.1, 0.15) is 0 Å². The van der Waals surface area contributed by atoms with Crippen molar-refractivity contribution in [1.82, 2.24) is 10.2 Å². The van der Waals surface area contributed by atoms with Gasteiger partial charge in [0.2, 0.25) is 0 Å². The third-order valence-electron chi connectivity index (χ3n) is 2.92. The van der Waals surface area contributed by atoms with Gasteiger partial charge in [-0.05, 0) is 26.6 Å². The predicted octanol–water partition coefficient (Wildman–Crippen LogP) is 2.89. The van der Waals surface area contributed by atoms with Crippen LogP contribution in [-0.4, -0.2) is 38.1 Å². The lowest BCUT2D eigenvalue weighted by Crippen LogP contribution is -2.29. The van der Waals surface area contributed by atoms with Crippen LogP contribution in [0.2, 0.25) is 0 Å². The normalized spacial score (nSPS) is 11.2. The summed E-state index contributed by atoms with van der Waals surface area (Å²) in [6, 6.07) is 0. The van der Waals surface area contributed by atoms with Gasteiger partial charge in [-0.15, -0.1) is 0 Å². The van der Waals surface area contributed by atoms with E-state index in [2.05, 4.69) is 31.1 Å². The molecule has 0 aliphatic carbocycles. The van der Waals surface area contributed by atoms with Crippen LogP contribution in [-0.2, 0) is 0 Å². The Balaban J connectivity index is 2.92. The maximum absolute atomic E-state index is 3.50. The smallest absolute Gasteiger partial charge is 0.0104 e. The Morgan fingerprint density at radius 1 is 0.867 bits per heavy atom. The third-order valence-corrected chi connectivity index (χ3v) is 2.92. The number of rotatable bonds is 11. The van der Waals surface area contributed by atoms with Crippen LogP contribution in [0.15, 0.2) is 0 Å². The van der Waals surface area contributed by atoms with E-state index in [0.29, 0.717) is 0 Å². The Morgan fingerprint density at radius 3 is 2.20 bits per heavy atom. The van der Waals surface area contributed by atoms with Gasteiger partial charge in [0, 0.05) is 13.1 Å². The number of hydrogen-bond acceptors (Lipinski definition) is 2. The highest BCUT2D eigenvalue weighted by atomic mass is 15.1. The molecule has 0 saturated heterocycles. The fourth-order valence-electron chi connectivity index (χ4n) is 1.58. The molecule has 0 spiro atoms. The predicted molar refractivity (Wildman–Crippen MR) is 69.4 cm³/mol. The summed E-state index contributed by atoms with van der Waals surface area (Å²) in [6.07, 6.45) is 8.35. The molecular weight excluding hydrogens is 184 g/mol. The van der Waals surface area contributed by atoms with Crippen LogP contribution in [0.25, 0.3) is 0 Å². The largest absolute Gasteiger partial charge is 0.315 e. The fourth-order valence-corrected chi connectivity index (χ4v) is 1.58. The second-order valence-corrected chi connectivity index (χ2v) is 4.41. The van der Waals surface area contributed by atoms with Crippen molar-refractivity contribution >= 4 is 0 Å². The summed E-state index contributed by atoms with van der Waals surface area (Å²) >= 11 is 0. The lowest BCUT2D eigenvalue weighted by molar-refractivity contribution is 0.348. The van der Waals surface area contributed by atoms with Crippen LogP contribution in [0.3, 0.4) is 0 Å². The topological polar surface area (TPSA) is 15.3 Å². The van der Waals surface area contributed by atoms with Crippen molar-refractivity contribution in [1.29, 1.82) is 0 Å². The highest BCUT2D eigenvalue weighted by Gasteiger charge is 1.93. The first-order valence-electron chi connectivity index (χ1n) is 6.70. The van der Waals surface area contributed by atoms with Crippen LogP contribution in [0.5, 0.6) is 0 Å². The number of unbranched alkanes of at least 4 members (excludes halogenated alkanes) is 5. The van der Waals surface area contributed by atoms with Gasteiger partial charge in [0.05, 0.1) is 0 Å². The van der Waals surface area contributed by atoms with Crippen molar-refractivity contribution in [3.8, 4) is 0 Å². The van der Waals surface area contributed by atoms with E-state index in [1.807, 2.05) is 0 Å². The minimum absolute atomic E-state index is 1.14. The molecule has 0 aliphatic heterocycles. The number of nitrogens with zero attached hydrogens (tertiary/aromatic N) is 1. The van der Waals surface area contributed by atoms with Crippen molar-refractivity contribution in [2.45, 2.75) is 52.4 Å². The molecule has 0 bridgehead atoms. The minimum atomic E-state index is 1.14. The van der Waals surface area contributed by atoms with Crippen LogP contribution < -0.4 is 5.32 Å². The van der Waals surface area contributed by atoms with E-state index < -0.39 is 0 Å². The maximum atomic E-state index is 3.50. The second-order valence-electron chi connectivity index (χ2n) is 4.41. The lowest BCUT2D eigenvalue weighted by atomic mass is 10.1. The summed E-state index contributed by atoms with van der Waals surface area (Å²) in [5, 5.41) is 3.50. The Labute approximate surface area is 96.4 Å². The molecule has 0 heterocycles. The molecule has 0 unspecified atom stereocenters. The molecule has 2 heteroatoms. The average molecular weight is 214 g/mol. The lowest BCUT2D eigenvalue weighted by Gasteiger charge is -2.13. The Morgan fingerprint density at radius 2 is 1.53 bits per heavy atom. The third kappa shape index (κ3) is 11.8. The summed E-state index contributed by atoms with van der Waals surface area (Å²) in [5.41, 5.74) is 0. The summed E-state index contributed by atoms with van der Waals surface area (Å²) in [5.74, 6) is 0. The van der Waals surface area contributed by atoms with Crippen LogP contribution in [0.4, 0.5) is 0 Å². The highest BCUT2D eigenvalue weighted by molar-refractivity contribution is 4.53. The zero-order valence-corrected chi connectivity index (χ0v) is 11.0. The van der Waals surface area contributed by atoms with Crippen molar-refractivity contribution in [3.05, 3.63) is 0 Å². The summed E-state index contributed by atoms with van der Waals surface area (Å²) in [6.45, 7) is 9.13. The molecule has 0 saturated carbocycles. The van der Waals surface area contributed by atoms with E-state index in [0.717, 1.165) is 13.1 Å². The van der Waals surface area contributed by atoms with E-state index in [-0.39, 0.29) is 0 Å². The van der Waals surface area contributed by atoms with Gasteiger partial charge in [0.25, 0.3) is 0 Å². The van der Waals surface area contributed by atoms with Gasteiger partial charge < -0.3 is 10.2 Å². The van der Waals surface area contributed by atoms with Crippen LogP contribution >= 0.6 is 0 Å². The number of likely N-dealkylation sites (N-methyl/N-ethyl adjacent to an activating group) is 1. The molecule has 0 aromatic heterocycles. The number of hydrogen-bond donors (Lipinski definition) is 1. The van der Waals surface area contributed by atoms with Crippen LogP contribution in [0.1, 0.15) is 52.4 Å². The molecule has 15 heavy (non-hydrogen) atoms. The maximum Gasteiger partial charge on any atom is 0.0104 e. The molecule has 0 aliphatic rings. The molecule has 92 valence electrons. The molecule has 0 radical (unpaired) electrons. The van der Waals surface area contributed by atoms with Crippen molar-refractivity contribution in [3.63, 3.8) is 0 Å². The minimum Gasteiger partial charge on any atom is -0.315 e. The molecular formula is C13H30N2. The average Bonchev–Trinajstić information content (AvgIpc) is 2.26. The Hall–Kier alpha value is -0.0800. The van der Waals surface area contributed by atoms with E-state index in [1.165, 1.54) is 51.6 Å². The van der Waals surface area contributed by atoms with Crippen molar-refractivity contribution < 1.29 is 0 Å². The summed E-state index contributed by atoms with van der Waals surface area (Å²) < 4.78 is 0. The molecule has 0 amide bonds. The summed E-state index contributed by atoms with van der Waals surface area (Å²) in [4.78, 5) is 2.34. The van der Waals surface area contributed by atoms with Gasteiger partial charge in [-0.2, -0.15) is 0 Å². The zero-order chi connectivity index (χ0) is 11.4. The second kappa shape index (κ2) is 12.0. The monoisotopic (exact) mass is 214 g/mol. The number of nitrogens with one attached hydrogen (secondary N) is 1. The van der Waals surface area contributed by atoms with E-state index in [9.17, 15) is 0 Å². The quantitative estimate of drug-likeness (QED) is 0.532. The first-order valence-corrected chi connectivity index (χ1v) is 6.70. The SMILES string of the molecule is CCCCCCCCNCCN(C)CC. The van der Waals surface area contributed by atoms with E-state index in [4.69, 9.17) is 0 Å². The zero-order valence-electron chi connectivity index (χ0n) is 11.0. The molecule has 2 nitrogen and oxygen atoms in total. The Kier molecular flexibility index (Phi) is 11.9.